The first-order valence-electron chi connectivity index (χ1n) is 5.92. The highest BCUT2D eigenvalue weighted by Gasteiger charge is 2.18. The molecule has 0 amide bonds. The Morgan fingerprint density at radius 3 is 2.78 bits per heavy atom. The van der Waals surface area contributed by atoms with Crippen LogP contribution in [0.25, 0.3) is 0 Å². The summed E-state index contributed by atoms with van der Waals surface area (Å²) < 4.78 is 3.50. The Labute approximate surface area is 111 Å². The third kappa shape index (κ3) is 2.28. The van der Waals surface area contributed by atoms with Gasteiger partial charge >= 0.3 is 0 Å². The third-order valence-corrected chi connectivity index (χ3v) is 3.53. The van der Waals surface area contributed by atoms with Gasteiger partial charge in [-0.3, -0.25) is 9.36 Å². The van der Waals surface area contributed by atoms with Crippen LogP contribution in [-0.2, 0) is 20.0 Å². The van der Waals surface area contributed by atoms with Crippen LogP contribution in [0.2, 0.25) is 5.02 Å². The number of aryl methyl sites for hydroxylation is 3. The van der Waals surface area contributed by atoms with E-state index >= 15 is 0 Å². The Kier molecular flexibility index (Phi) is 3.73. The fraction of sp³-hybridized carbons (Fsp3) is 0.500. The van der Waals surface area contributed by atoms with Crippen molar-refractivity contribution in [2.24, 2.45) is 7.05 Å². The Morgan fingerprint density at radius 1 is 1.50 bits per heavy atom. The van der Waals surface area contributed by atoms with E-state index in [0.717, 1.165) is 23.6 Å². The van der Waals surface area contributed by atoms with Crippen LogP contribution >= 0.6 is 11.6 Å². The van der Waals surface area contributed by atoms with Gasteiger partial charge in [0.25, 0.3) is 0 Å². The van der Waals surface area contributed by atoms with Gasteiger partial charge in [0.05, 0.1) is 22.1 Å². The van der Waals surface area contributed by atoms with Crippen LogP contribution in [0.4, 0.5) is 0 Å². The summed E-state index contributed by atoms with van der Waals surface area (Å²) in [4.78, 5) is 0. The SMILES string of the molecule is CCn1nccc1C(O)Cc1c(Cl)c(C)nn1C. The molecular weight excluding hydrogens is 252 g/mol. The second-order valence-electron chi connectivity index (χ2n) is 4.26. The van der Waals surface area contributed by atoms with E-state index in [4.69, 9.17) is 11.6 Å². The molecule has 0 fully saturated rings. The van der Waals surface area contributed by atoms with Gasteiger partial charge in [0, 0.05) is 26.2 Å². The van der Waals surface area contributed by atoms with Gasteiger partial charge < -0.3 is 5.11 Å². The van der Waals surface area contributed by atoms with Gasteiger partial charge in [-0.05, 0) is 19.9 Å². The molecule has 0 aliphatic heterocycles. The average Bonchev–Trinajstić information content (AvgIpc) is 2.90. The van der Waals surface area contributed by atoms with E-state index < -0.39 is 6.10 Å². The molecule has 2 aromatic heterocycles. The first-order valence-corrected chi connectivity index (χ1v) is 6.30. The molecule has 0 aliphatic carbocycles. The Balaban J connectivity index is 2.24. The predicted molar refractivity (Wildman–Crippen MR) is 69.5 cm³/mol. The van der Waals surface area contributed by atoms with Crippen LogP contribution in [0.15, 0.2) is 12.3 Å². The normalized spacial score (nSPS) is 12.9. The molecule has 0 saturated carbocycles. The first kappa shape index (κ1) is 13.1. The van der Waals surface area contributed by atoms with Crippen molar-refractivity contribution >= 4 is 11.6 Å². The summed E-state index contributed by atoms with van der Waals surface area (Å²) in [5, 5.41) is 19.3. The van der Waals surface area contributed by atoms with Crippen LogP contribution in [-0.4, -0.2) is 24.7 Å². The first-order chi connectivity index (χ1) is 8.54. The Hall–Kier alpha value is -1.33. The van der Waals surface area contributed by atoms with E-state index in [1.54, 1.807) is 15.6 Å². The Morgan fingerprint density at radius 2 is 2.22 bits per heavy atom. The zero-order valence-electron chi connectivity index (χ0n) is 10.8. The molecule has 6 heteroatoms. The summed E-state index contributed by atoms with van der Waals surface area (Å²) in [6.45, 7) is 4.58. The van der Waals surface area contributed by atoms with Crippen molar-refractivity contribution in [2.75, 3.05) is 0 Å². The van der Waals surface area contributed by atoms with Crippen LogP contribution in [0.3, 0.4) is 0 Å². The molecule has 0 aromatic carbocycles. The minimum Gasteiger partial charge on any atom is -0.386 e. The van der Waals surface area contributed by atoms with Gasteiger partial charge in [-0.2, -0.15) is 10.2 Å². The van der Waals surface area contributed by atoms with E-state index in [2.05, 4.69) is 10.2 Å². The molecule has 0 spiro atoms. The van der Waals surface area contributed by atoms with Crippen molar-refractivity contribution < 1.29 is 5.11 Å². The van der Waals surface area contributed by atoms with Crippen LogP contribution in [0.1, 0.15) is 30.1 Å². The largest absolute Gasteiger partial charge is 0.386 e. The summed E-state index contributed by atoms with van der Waals surface area (Å²) in [6.07, 6.45) is 1.50. The van der Waals surface area contributed by atoms with Gasteiger partial charge in [-0.1, -0.05) is 11.6 Å². The van der Waals surface area contributed by atoms with E-state index in [1.165, 1.54) is 0 Å². The summed E-state index contributed by atoms with van der Waals surface area (Å²) in [6, 6.07) is 1.82. The Bertz CT molecular complexity index is 546. The predicted octanol–water partition coefficient (Wildman–Crippen LogP) is 1.87. The summed E-state index contributed by atoms with van der Waals surface area (Å²) in [7, 11) is 1.83. The molecule has 0 aliphatic rings. The molecule has 18 heavy (non-hydrogen) atoms. The molecule has 0 radical (unpaired) electrons. The lowest BCUT2D eigenvalue weighted by atomic mass is 10.1. The number of aliphatic hydroxyl groups is 1. The minimum absolute atomic E-state index is 0.432. The monoisotopic (exact) mass is 268 g/mol. The number of rotatable bonds is 4. The maximum atomic E-state index is 10.3. The third-order valence-electron chi connectivity index (χ3n) is 3.04. The van der Waals surface area contributed by atoms with Crippen molar-refractivity contribution in [3.05, 3.63) is 34.4 Å². The molecule has 0 bridgehead atoms. The van der Waals surface area contributed by atoms with Gasteiger partial charge in [0.2, 0.25) is 0 Å². The number of nitrogens with zero attached hydrogens (tertiary/aromatic N) is 4. The zero-order valence-corrected chi connectivity index (χ0v) is 11.5. The highest BCUT2D eigenvalue weighted by atomic mass is 35.5. The number of halogens is 1. The van der Waals surface area contributed by atoms with Crippen molar-refractivity contribution in [2.45, 2.75) is 32.9 Å². The highest BCUT2D eigenvalue weighted by Crippen LogP contribution is 2.25. The average molecular weight is 269 g/mol. The molecule has 98 valence electrons. The van der Waals surface area contributed by atoms with Gasteiger partial charge in [-0.15, -0.1) is 0 Å². The zero-order chi connectivity index (χ0) is 13.3. The summed E-state index contributed by atoms with van der Waals surface area (Å²) >= 11 is 6.18. The summed E-state index contributed by atoms with van der Waals surface area (Å²) in [5.41, 5.74) is 2.42. The van der Waals surface area contributed by atoms with Crippen LogP contribution < -0.4 is 0 Å². The van der Waals surface area contributed by atoms with E-state index in [-0.39, 0.29) is 0 Å². The second kappa shape index (κ2) is 5.12. The second-order valence-corrected chi connectivity index (χ2v) is 4.64. The van der Waals surface area contributed by atoms with Gasteiger partial charge in [0.1, 0.15) is 6.10 Å². The van der Waals surface area contributed by atoms with Crippen molar-refractivity contribution in [1.29, 1.82) is 0 Å². The molecule has 5 nitrogen and oxygen atoms in total. The molecule has 1 unspecified atom stereocenters. The molecule has 2 aromatic rings. The van der Waals surface area contributed by atoms with E-state index in [1.807, 2.05) is 27.0 Å². The highest BCUT2D eigenvalue weighted by molar-refractivity contribution is 6.31. The topological polar surface area (TPSA) is 55.9 Å². The fourth-order valence-corrected chi connectivity index (χ4v) is 2.32. The van der Waals surface area contributed by atoms with Crippen molar-refractivity contribution in [1.82, 2.24) is 19.6 Å². The molecule has 2 heterocycles. The van der Waals surface area contributed by atoms with Gasteiger partial charge in [0.15, 0.2) is 0 Å². The lowest BCUT2D eigenvalue weighted by Crippen LogP contribution is -2.12. The van der Waals surface area contributed by atoms with E-state index in [9.17, 15) is 5.11 Å². The van der Waals surface area contributed by atoms with Crippen molar-refractivity contribution in [3.8, 4) is 0 Å². The number of aliphatic hydroxyl groups excluding tert-OH is 1. The quantitative estimate of drug-likeness (QED) is 0.921. The van der Waals surface area contributed by atoms with Crippen LogP contribution in [0.5, 0.6) is 0 Å². The summed E-state index contributed by atoms with van der Waals surface area (Å²) in [5.74, 6) is 0. The number of aromatic nitrogens is 4. The molecule has 0 saturated heterocycles. The maximum Gasteiger partial charge on any atom is 0.101 e. The maximum absolute atomic E-state index is 10.3. The standard InChI is InChI=1S/C12H17ClN4O/c1-4-17-9(5-6-14-17)11(18)7-10-12(13)8(2)15-16(10)3/h5-6,11,18H,4,7H2,1-3H3. The lowest BCUT2D eigenvalue weighted by Gasteiger charge is -2.12. The molecule has 1 N–H and O–H groups in total. The lowest BCUT2D eigenvalue weighted by molar-refractivity contribution is 0.164. The van der Waals surface area contributed by atoms with E-state index in [0.29, 0.717) is 11.4 Å². The minimum atomic E-state index is -0.625. The van der Waals surface area contributed by atoms with Crippen molar-refractivity contribution in [3.63, 3.8) is 0 Å². The number of hydrogen-bond donors (Lipinski definition) is 1. The molecule has 1 atom stereocenters. The smallest absolute Gasteiger partial charge is 0.101 e. The van der Waals surface area contributed by atoms with Gasteiger partial charge in [-0.25, -0.2) is 0 Å². The fourth-order valence-electron chi connectivity index (χ4n) is 2.08. The van der Waals surface area contributed by atoms with Crippen LogP contribution in [0, 0.1) is 6.92 Å². The molecule has 2 rings (SSSR count). The number of hydrogen-bond acceptors (Lipinski definition) is 3. The molecular formula is C12H17ClN4O.